The summed E-state index contributed by atoms with van der Waals surface area (Å²) in [5, 5.41) is 3.22. The molecule has 0 atom stereocenters. The summed E-state index contributed by atoms with van der Waals surface area (Å²) in [7, 11) is 0. The monoisotopic (exact) mass is 276 g/mol. The zero-order chi connectivity index (χ0) is 13.9. The Hall–Kier alpha value is -1.14. The summed E-state index contributed by atoms with van der Waals surface area (Å²) in [5.41, 5.74) is -0.595. The fourth-order valence-corrected chi connectivity index (χ4v) is 2.17. The van der Waals surface area contributed by atoms with Gasteiger partial charge in [0.05, 0.1) is 5.56 Å². The standard InChI is InChI=1S/C13H16F4N2/c14-12-9-10(1-2-11(12)13(15,16)17)3-6-19-7-4-18-5-8-19/h1-2,9,18H,3-8H2. The van der Waals surface area contributed by atoms with E-state index in [4.69, 9.17) is 0 Å². The van der Waals surface area contributed by atoms with Crippen molar-refractivity contribution >= 4 is 0 Å². The molecule has 1 saturated heterocycles. The van der Waals surface area contributed by atoms with Crippen molar-refractivity contribution in [3.05, 3.63) is 35.1 Å². The van der Waals surface area contributed by atoms with E-state index in [2.05, 4.69) is 10.2 Å². The quantitative estimate of drug-likeness (QED) is 0.852. The van der Waals surface area contributed by atoms with Crippen LogP contribution in [0, 0.1) is 5.82 Å². The lowest BCUT2D eigenvalue weighted by molar-refractivity contribution is -0.140. The van der Waals surface area contributed by atoms with Gasteiger partial charge in [-0.15, -0.1) is 0 Å². The van der Waals surface area contributed by atoms with Gasteiger partial charge >= 0.3 is 6.18 Å². The average molecular weight is 276 g/mol. The number of halogens is 4. The van der Waals surface area contributed by atoms with E-state index < -0.39 is 17.6 Å². The predicted octanol–water partition coefficient (Wildman–Crippen LogP) is 2.29. The number of hydrogen-bond acceptors (Lipinski definition) is 2. The normalized spacial score (nSPS) is 17.7. The maximum atomic E-state index is 13.4. The van der Waals surface area contributed by atoms with Crippen molar-refractivity contribution in [3.63, 3.8) is 0 Å². The molecule has 0 bridgehead atoms. The molecule has 1 aromatic carbocycles. The molecule has 0 spiro atoms. The molecule has 1 fully saturated rings. The molecule has 0 unspecified atom stereocenters. The van der Waals surface area contributed by atoms with E-state index in [1.165, 1.54) is 6.07 Å². The Balaban J connectivity index is 1.96. The highest BCUT2D eigenvalue weighted by Gasteiger charge is 2.33. The second-order valence-corrected chi connectivity index (χ2v) is 4.65. The summed E-state index contributed by atoms with van der Waals surface area (Å²) in [6.45, 7) is 4.42. The lowest BCUT2D eigenvalue weighted by Gasteiger charge is -2.27. The van der Waals surface area contributed by atoms with Crippen LogP contribution in [0.2, 0.25) is 0 Å². The van der Waals surface area contributed by atoms with Crippen LogP contribution >= 0.6 is 0 Å². The molecule has 106 valence electrons. The van der Waals surface area contributed by atoms with Crippen LogP contribution in [0.25, 0.3) is 0 Å². The Morgan fingerprint density at radius 3 is 2.42 bits per heavy atom. The molecule has 1 aliphatic rings. The fourth-order valence-electron chi connectivity index (χ4n) is 2.17. The smallest absolute Gasteiger partial charge is 0.314 e. The van der Waals surface area contributed by atoms with E-state index in [0.717, 1.165) is 44.9 Å². The number of alkyl halides is 3. The van der Waals surface area contributed by atoms with E-state index in [9.17, 15) is 17.6 Å². The van der Waals surface area contributed by atoms with Crippen LogP contribution < -0.4 is 5.32 Å². The first-order valence-corrected chi connectivity index (χ1v) is 6.25. The van der Waals surface area contributed by atoms with Crippen LogP contribution in [0.3, 0.4) is 0 Å². The number of piperazine rings is 1. The summed E-state index contributed by atoms with van der Waals surface area (Å²) < 4.78 is 50.6. The molecule has 0 amide bonds. The Kier molecular flexibility index (Phi) is 4.42. The lowest BCUT2D eigenvalue weighted by Crippen LogP contribution is -2.44. The van der Waals surface area contributed by atoms with Gasteiger partial charge < -0.3 is 10.2 Å². The molecule has 1 heterocycles. The Morgan fingerprint density at radius 1 is 1.16 bits per heavy atom. The van der Waals surface area contributed by atoms with Gasteiger partial charge in [0.1, 0.15) is 5.82 Å². The summed E-state index contributed by atoms with van der Waals surface area (Å²) in [4.78, 5) is 2.21. The van der Waals surface area contributed by atoms with Gasteiger partial charge in [-0.3, -0.25) is 0 Å². The van der Waals surface area contributed by atoms with Crippen LogP contribution in [0.5, 0.6) is 0 Å². The molecule has 19 heavy (non-hydrogen) atoms. The van der Waals surface area contributed by atoms with E-state index in [-0.39, 0.29) is 0 Å². The maximum absolute atomic E-state index is 13.4. The minimum absolute atomic E-state index is 0.565. The highest BCUT2D eigenvalue weighted by molar-refractivity contribution is 5.26. The first-order chi connectivity index (χ1) is 8.97. The highest BCUT2D eigenvalue weighted by atomic mass is 19.4. The van der Waals surface area contributed by atoms with Gasteiger partial charge in [0, 0.05) is 32.7 Å². The third-order valence-corrected chi connectivity index (χ3v) is 3.27. The number of benzene rings is 1. The van der Waals surface area contributed by atoms with Crippen molar-refractivity contribution in [3.8, 4) is 0 Å². The fraction of sp³-hybridized carbons (Fsp3) is 0.538. The van der Waals surface area contributed by atoms with Crippen LogP contribution in [0.1, 0.15) is 11.1 Å². The molecule has 0 radical (unpaired) electrons. The first-order valence-electron chi connectivity index (χ1n) is 6.25. The van der Waals surface area contributed by atoms with Crippen molar-refractivity contribution in [1.82, 2.24) is 10.2 Å². The number of nitrogens with zero attached hydrogens (tertiary/aromatic N) is 1. The molecule has 2 rings (SSSR count). The maximum Gasteiger partial charge on any atom is 0.419 e. The molecule has 0 aromatic heterocycles. The van der Waals surface area contributed by atoms with Crippen molar-refractivity contribution in [2.75, 3.05) is 32.7 Å². The SMILES string of the molecule is Fc1cc(CCN2CCNCC2)ccc1C(F)(F)F. The van der Waals surface area contributed by atoms with Gasteiger partial charge in [0.15, 0.2) is 0 Å². The third-order valence-electron chi connectivity index (χ3n) is 3.27. The Labute approximate surface area is 109 Å². The van der Waals surface area contributed by atoms with Gasteiger partial charge in [-0.25, -0.2) is 4.39 Å². The van der Waals surface area contributed by atoms with Crippen molar-refractivity contribution in [2.24, 2.45) is 0 Å². The minimum Gasteiger partial charge on any atom is -0.314 e. The number of rotatable bonds is 3. The average Bonchev–Trinajstić information content (AvgIpc) is 2.36. The predicted molar refractivity (Wildman–Crippen MR) is 64.4 cm³/mol. The molecule has 0 saturated carbocycles. The zero-order valence-electron chi connectivity index (χ0n) is 10.4. The number of nitrogens with one attached hydrogen (secondary N) is 1. The molecular weight excluding hydrogens is 260 g/mol. The summed E-state index contributed by atoms with van der Waals surface area (Å²) in [5.74, 6) is -1.19. The molecule has 6 heteroatoms. The molecule has 1 aromatic rings. The largest absolute Gasteiger partial charge is 0.419 e. The van der Waals surface area contributed by atoms with E-state index in [1.807, 2.05) is 0 Å². The number of hydrogen-bond donors (Lipinski definition) is 1. The van der Waals surface area contributed by atoms with Crippen molar-refractivity contribution in [2.45, 2.75) is 12.6 Å². The highest BCUT2D eigenvalue weighted by Crippen LogP contribution is 2.31. The first kappa shape index (κ1) is 14.3. The van der Waals surface area contributed by atoms with Crippen molar-refractivity contribution in [1.29, 1.82) is 0 Å². The summed E-state index contributed by atoms with van der Waals surface area (Å²) in [6, 6.07) is 3.17. The van der Waals surface area contributed by atoms with Gasteiger partial charge in [-0.1, -0.05) is 6.07 Å². The van der Waals surface area contributed by atoms with E-state index >= 15 is 0 Å². The van der Waals surface area contributed by atoms with Crippen molar-refractivity contribution < 1.29 is 17.6 Å². The Morgan fingerprint density at radius 2 is 1.84 bits per heavy atom. The van der Waals surface area contributed by atoms with Gasteiger partial charge in [0.25, 0.3) is 0 Å². The minimum atomic E-state index is -4.62. The van der Waals surface area contributed by atoms with Crippen LogP contribution in [-0.2, 0) is 12.6 Å². The molecule has 1 N–H and O–H groups in total. The summed E-state index contributed by atoms with van der Waals surface area (Å²) in [6.07, 6.45) is -4.06. The second-order valence-electron chi connectivity index (χ2n) is 4.65. The Bertz CT molecular complexity index is 425. The topological polar surface area (TPSA) is 15.3 Å². The van der Waals surface area contributed by atoms with Crippen LogP contribution in [-0.4, -0.2) is 37.6 Å². The van der Waals surface area contributed by atoms with E-state index in [0.29, 0.717) is 12.0 Å². The van der Waals surface area contributed by atoms with Crippen LogP contribution in [0.15, 0.2) is 18.2 Å². The van der Waals surface area contributed by atoms with Gasteiger partial charge in [0.2, 0.25) is 0 Å². The third kappa shape index (κ3) is 3.91. The molecule has 0 aliphatic carbocycles. The lowest BCUT2D eigenvalue weighted by atomic mass is 10.1. The van der Waals surface area contributed by atoms with Crippen LogP contribution in [0.4, 0.5) is 17.6 Å². The second kappa shape index (κ2) is 5.88. The van der Waals surface area contributed by atoms with Gasteiger partial charge in [-0.2, -0.15) is 13.2 Å². The van der Waals surface area contributed by atoms with Gasteiger partial charge in [-0.05, 0) is 24.1 Å². The van der Waals surface area contributed by atoms with E-state index in [1.54, 1.807) is 0 Å². The molecule has 2 nitrogen and oxygen atoms in total. The zero-order valence-corrected chi connectivity index (χ0v) is 10.4. The molecular formula is C13H16F4N2. The summed E-state index contributed by atoms with van der Waals surface area (Å²) >= 11 is 0. The molecule has 1 aliphatic heterocycles.